The van der Waals surface area contributed by atoms with E-state index in [1.54, 1.807) is 29.1 Å². The summed E-state index contributed by atoms with van der Waals surface area (Å²) in [6.45, 7) is 7.73. The number of carbonyl (C=O) groups is 1. The van der Waals surface area contributed by atoms with Crippen molar-refractivity contribution in [3.63, 3.8) is 0 Å². The third kappa shape index (κ3) is 5.83. The number of rotatable bonds is 8. The van der Waals surface area contributed by atoms with Crippen molar-refractivity contribution in [3.8, 4) is 5.69 Å². The molecule has 3 aromatic rings. The molecule has 2 aliphatic rings. The lowest BCUT2D eigenvalue weighted by Gasteiger charge is -2.32. The highest BCUT2D eigenvalue weighted by Gasteiger charge is 2.24. The number of likely N-dealkylation sites (N-methyl/N-ethyl adjacent to an activating group) is 1. The Morgan fingerprint density at radius 1 is 1.06 bits per heavy atom. The molecule has 0 spiro atoms. The van der Waals surface area contributed by atoms with E-state index >= 15 is 0 Å². The maximum Gasteiger partial charge on any atom is 0.297 e. The molecule has 8 nitrogen and oxygen atoms in total. The molecule has 1 amide bonds. The summed E-state index contributed by atoms with van der Waals surface area (Å²) in [6, 6.07) is 14.2. The van der Waals surface area contributed by atoms with Crippen LogP contribution in [-0.4, -0.2) is 64.5 Å². The minimum Gasteiger partial charge on any atom is -0.361 e. The van der Waals surface area contributed by atoms with Crippen molar-refractivity contribution in [2.45, 2.75) is 38.9 Å². The van der Waals surface area contributed by atoms with E-state index in [4.69, 9.17) is 0 Å². The first-order valence-electron chi connectivity index (χ1n) is 12.7. The summed E-state index contributed by atoms with van der Waals surface area (Å²) in [5, 5.41) is 6.23. The van der Waals surface area contributed by atoms with Crippen molar-refractivity contribution in [1.29, 1.82) is 0 Å². The van der Waals surface area contributed by atoms with E-state index in [0.29, 0.717) is 17.8 Å². The van der Waals surface area contributed by atoms with E-state index in [-0.39, 0.29) is 23.3 Å². The number of nitrogens with one attached hydrogen (secondary N) is 2. The largest absolute Gasteiger partial charge is 0.361 e. The van der Waals surface area contributed by atoms with Crippen LogP contribution >= 0.6 is 0 Å². The first-order chi connectivity index (χ1) is 17.5. The first-order valence-corrected chi connectivity index (χ1v) is 12.7. The van der Waals surface area contributed by atoms with Gasteiger partial charge in [-0.1, -0.05) is 30.3 Å². The molecule has 1 aromatic heterocycles. The van der Waals surface area contributed by atoms with Crippen molar-refractivity contribution < 1.29 is 4.79 Å². The molecule has 1 aliphatic carbocycles. The fourth-order valence-corrected chi connectivity index (χ4v) is 4.52. The Bertz CT molecular complexity index is 1290. The number of aromatic nitrogens is 2. The summed E-state index contributed by atoms with van der Waals surface area (Å²) >= 11 is 0. The number of benzene rings is 2. The Morgan fingerprint density at radius 2 is 1.83 bits per heavy atom. The second-order valence-corrected chi connectivity index (χ2v) is 9.95. The number of piperazine rings is 1. The van der Waals surface area contributed by atoms with Crippen LogP contribution < -0.4 is 16.2 Å². The average Bonchev–Trinajstić information content (AvgIpc) is 3.69. The molecule has 0 unspecified atom stereocenters. The summed E-state index contributed by atoms with van der Waals surface area (Å²) in [6.07, 6.45) is 5.32. The van der Waals surface area contributed by atoms with Gasteiger partial charge in [0.1, 0.15) is 0 Å². The minimum absolute atomic E-state index is 0.101. The molecule has 1 saturated heterocycles. The Kier molecular flexibility index (Phi) is 7.16. The number of amides is 1. The second-order valence-electron chi connectivity index (χ2n) is 9.95. The van der Waals surface area contributed by atoms with Crippen LogP contribution in [0.25, 0.3) is 5.69 Å². The lowest BCUT2D eigenvalue weighted by Crippen LogP contribution is -2.43. The van der Waals surface area contributed by atoms with Gasteiger partial charge in [0.2, 0.25) is 0 Å². The smallest absolute Gasteiger partial charge is 0.297 e. The van der Waals surface area contributed by atoms with Gasteiger partial charge in [0.25, 0.3) is 11.5 Å². The van der Waals surface area contributed by atoms with Gasteiger partial charge in [0.15, 0.2) is 5.82 Å². The van der Waals surface area contributed by atoms with Gasteiger partial charge in [-0.15, -0.1) is 0 Å². The number of hydrogen-bond donors (Lipinski definition) is 2. The summed E-state index contributed by atoms with van der Waals surface area (Å²) < 4.78 is 1.56. The molecule has 0 radical (unpaired) electrons. The molecule has 2 N–H and O–H groups in total. The van der Waals surface area contributed by atoms with Crippen molar-refractivity contribution in [2.24, 2.45) is 0 Å². The monoisotopic (exact) mass is 486 g/mol. The van der Waals surface area contributed by atoms with Crippen molar-refractivity contribution in [2.75, 3.05) is 38.5 Å². The zero-order chi connectivity index (χ0) is 25.1. The fraction of sp³-hybridized carbons (Fsp3) is 0.393. The van der Waals surface area contributed by atoms with Crippen LogP contribution in [0.1, 0.15) is 39.9 Å². The Balaban J connectivity index is 1.29. The van der Waals surface area contributed by atoms with Crippen LogP contribution in [0, 0.1) is 6.92 Å². The lowest BCUT2D eigenvalue weighted by molar-refractivity contribution is 0.0951. The van der Waals surface area contributed by atoms with Gasteiger partial charge < -0.3 is 15.5 Å². The van der Waals surface area contributed by atoms with Crippen LogP contribution in [0.2, 0.25) is 0 Å². The minimum atomic E-state index is -0.242. The molecular formula is C28H34N6O2. The van der Waals surface area contributed by atoms with E-state index in [1.807, 2.05) is 13.0 Å². The topological polar surface area (TPSA) is 82.5 Å². The number of carbonyl (C=O) groups excluding carboxylic acids is 1. The molecule has 1 aliphatic heterocycles. The van der Waals surface area contributed by atoms with Crippen LogP contribution in [0.3, 0.4) is 0 Å². The first kappa shape index (κ1) is 24.2. The van der Waals surface area contributed by atoms with Gasteiger partial charge in [0.05, 0.1) is 5.69 Å². The SMILES string of the molecule is Cc1ccc(C(=O)NC2CC2)cc1-n1ccnc(NCc2cccc(CN3CCN(C)CC3)c2)c1=O. The van der Waals surface area contributed by atoms with E-state index < -0.39 is 0 Å². The Morgan fingerprint density at radius 3 is 2.61 bits per heavy atom. The van der Waals surface area contributed by atoms with Crippen LogP contribution in [0.4, 0.5) is 5.82 Å². The van der Waals surface area contributed by atoms with Crippen LogP contribution in [0.15, 0.2) is 59.7 Å². The van der Waals surface area contributed by atoms with Gasteiger partial charge in [-0.25, -0.2) is 4.98 Å². The molecule has 5 rings (SSSR count). The number of anilines is 1. The van der Waals surface area contributed by atoms with Gasteiger partial charge in [-0.3, -0.25) is 19.1 Å². The molecular weight excluding hydrogens is 452 g/mol. The Hall–Kier alpha value is -3.49. The summed E-state index contributed by atoms with van der Waals surface area (Å²) in [5.41, 5.74) is 4.28. The zero-order valence-electron chi connectivity index (χ0n) is 21.0. The molecule has 188 valence electrons. The van der Waals surface area contributed by atoms with E-state index in [0.717, 1.165) is 56.7 Å². The van der Waals surface area contributed by atoms with Gasteiger partial charge in [-0.2, -0.15) is 0 Å². The molecule has 0 atom stereocenters. The predicted molar refractivity (Wildman–Crippen MR) is 142 cm³/mol. The standard InChI is InChI=1S/C28H34N6O2/c1-20-6-7-23(27(35)31-24-8-9-24)17-25(20)34-11-10-29-26(28(34)36)30-18-21-4-3-5-22(16-21)19-33-14-12-32(2)13-15-33/h3-7,10-11,16-17,24H,8-9,12-15,18-19H2,1-2H3,(H,29,30)(H,31,35). The summed E-state index contributed by atoms with van der Waals surface area (Å²) in [4.78, 5) is 35.0. The highest BCUT2D eigenvalue weighted by molar-refractivity contribution is 5.95. The molecule has 0 bridgehead atoms. The lowest BCUT2D eigenvalue weighted by atomic mass is 10.1. The third-order valence-corrected chi connectivity index (χ3v) is 6.94. The molecule has 2 fully saturated rings. The third-order valence-electron chi connectivity index (χ3n) is 6.94. The van der Waals surface area contributed by atoms with Crippen molar-refractivity contribution in [1.82, 2.24) is 24.7 Å². The quantitative estimate of drug-likeness (QED) is 0.510. The van der Waals surface area contributed by atoms with Crippen LogP contribution in [0.5, 0.6) is 0 Å². The summed E-state index contributed by atoms with van der Waals surface area (Å²) in [7, 11) is 2.17. The van der Waals surface area contributed by atoms with Gasteiger partial charge in [-0.05, 0) is 55.6 Å². The van der Waals surface area contributed by atoms with E-state index in [1.165, 1.54) is 5.56 Å². The number of nitrogens with zero attached hydrogens (tertiary/aromatic N) is 4. The van der Waals surface area contributed by atoms with Gasteiger partial charge in [0, 0.05) is 63.3 Å². The summed E-state index contributed by atoms with van der Waals surface area (Å²) in [5.74, 6) is 0.185. The van der Waals surface area contributed by atoms with E-state index in [2.05, 4.69) is 56.7 Å². The average molecular weight is 487 g/mol. The number of hydrogen-bond acceptors (Lipinski definition) is 6. The van der Waals surface area contributed by atoms with E-state index in [9.17, 15) is 9.59 Å². The zero-order valence-corrected chi connectivity index (χ0v) is 21.0. The van der Waals surface area contributed by atoms with Crippen LogP contribution in [-0.2, 0) is 13.1 Å². The number of aryl methyl sites for hydroxylation is 1. The van der Waals surface area contributed by atoms with Crippen molar-refractivity contribution in [3.05, 3.63) is 87.5 Å². The maximum atomic E-state index is 13.3. The maximum absolute atomic E-state index is 13.3. The highest BCUT2D eigenvalue weighted by Crippen LogP contribution is 2.21. The Labute approximate surface area is 212 Å². The molecule has 2 heterocycles. The highest BCUT2D eigenvalue weighted by atomic mass is 16.2. The normalized spacial score (nSPS) is 16.6. The van der Waals surface area contributed by atoms with Gasteiger partial charge >= 0.3 is 0 Å². The molecule has 36 heavy (non-hydrogen) atoms. The molecule has 8 heteroatoms. The molecule has 2 aromatic carbocycles. The predicted octanol–water partition coefficient (Wildman–Crippen LogP) is 2.79. The second kappa shape index (κ2) is 10.6. The fourth-order valence-electron chi connectivity index (χ4n) is 4.52. The van der Waals surface area contributed by atoms with Crippen molar-refractivity contribution >= 4 is 11.7 Å². The molecule has 1 saturated carbocycles.